The molecule has 0 aromatic carbocycles. The van der Waals surface area contributed by atoms with Crippen LogP contribution in [-0.4, -0.2) is 71.6 Å². The first-order valence-electron chi connectivity index (χ1n) is 9.57. The highest BCUT2D eigenvalue weighted by Gasteiger charge is 2.40. The third-order valence-electron chi connectivity index (χ3n) is 5.95. The van der Waals surface area contributed by atoms with E-state index in [1.54, 1.807) is 0 Å². The topological polar surface area (TPSA) is 39.7 Å². The molecule has 0 amide bonds. The van der Waals surface area contributed by atoms with E-state index in [0.29, 0.717) is 10.3 Å². The zero-order valence-electron chi connectivity index (χ0n) is 15.8. The smallest absolute Gasteiger partial charge is 0.191 e. The number of hydrogen-bond acceptors (Lipinski definition) is 4. The molecule has 2 aliphatic heterocycles. The second-order valence-corrected chi connectivity index (χ2v) is 10.6. The predicted molar refractivity (Wildman–Crippen MR) is 125 cm³/mol. The van der Waals surface area contributed by atoms with Gasteiger partial charge in [0.25, 0.3) is 0 Å². The number of rotatable bonds is 5. The first-order chi connectivity index (χ1) is 11.7. The zero-order valence-corrected chi connectivity index (χ0v) is 19.8. The van der Waals surface area contributed by atoms with Crippen molar-refractivity contribution in [3.63, 3.8) is 0 Å². The largest absolute Gasteiger partial charge is 0.355 e. The van der Waals surface area contributed by atoms with Gasteiger partial charge in [0.15, 0.2) is 5.96 Å². The van der Waals surface area contributed by atoms with Gasteiger partial charge in [0, 0.05) is 55.0 Å². The van der Waals surface area contributed by atoms with Crippen molar-refractivity contribution in [1.29, 1.82) is 0 Å². The summed E-state index contributed by atoms with van der Waals surface area (Å²) in [5, 5.41) is 7.26. The summed E-state index contributed by atoms with van der Waals surface area (Å²) in [6.07, 6.45) is 8.12. The minimum absolute atomic E-state index is 0. The number of thioether (sulfide) groups is 2. The minimum atomic E-state index is 0. The number of halogens is 1. The fraction of sp³-hybridized carbons (Fsp3) is 0.944. The Kier molecular flexibility index (Phi) is 9.02. The van der Waals surface area contributed by atoms with E-state index in [-0.39, 0.29) is 24.0 Å². The molecule has 3 aliphatic rings. The number of nitrogens with one attached hydrogen (secondary N) is 2. The van der Waals surface area contributed by atoms with Crippen LogP contribution in [0.25, 0.3) is 0 Å². The summed E-state index contributed by atoms with van der Waals surface area (Å²) >= 11 is 4.21. The highest BCUT2D eigenvalue weighted by Crippen LogP contribution is 2.37. The Bertz CT molecular complexity index is 429. The Hall–Kier alpha value is 0.660. The van der Waals surface area contributed by atoms with Crippen molar-refractivity contribution < 1.29 is 0 Å². The molecule has 0 aromatic rings. The van der Waals surface area contributed by atoms with Crippen molar-refractivity contribution in [3.05, 3.63) is 0 Å². The summed E-state index contributed by atoms with van der Waals surface area (Å²) in [6, 6.07) is 0. The molecule has 1 saturated carbocycles. The predicted octanol–water partition coefficient (Wildman–Crippen LogP) is 3.42. The average Bonchev–Trinajstić information content (AvgIpc) is 3.26. The standard InChI is InChI=1S/C18H34N4S2.HI/c1-17(6-5-11-24-17)14-20-16(19-2)21-15-18(7-3-4-8-18)22-9-12-23-13-10-22;/h3-15H2,1-2H3,(H2,19,20,21);1H. The summed E-state index contributed by atoms with van der Waals surface area (Å²) in [4.78, 5) is 7.25. The zero-order chi connectivity index (χ0) is 16.9. The summed E-state index contributed by atoms with van der Waals surface area (Å²) < 4.78 is 0.382. The maximum absolute atomic E-state index is 4.48. The van der Waals surface area contributed by atoms with E-state index < -0.39 is 0 Å². The number of guanidine groups is 1. The van der Waals surface area contributed by atoms with E-state index in [4.69, 9.17) is 0 Å². The van der Waals surface area contributed by atoms with Gasteiger partial charge in [0.1, 0.15) is 0 Å². The van der Waals surface area contributed by atoms with Crippen LogP contribution in [0.5, 0.6) is 0 Å². The van der Waals surface area contributed by atoms with Gasteiger partial charge in [-0.25, -0.2) is 0 Å². The van der Waals surface area contributed by atoms with Gasteiger partial charge in [-0.05, 0) is 38.4 Å². The van der Waals surface area contributed by atoms with Crippen LogP contribution in [0.3, 0.4) is 0 Å². The van der Waals surface area contributed by atoms with Gasteiger partial charge >= 0.3 is 0 Å². The number of aliphatic imine (C=N–C) groups is 1. The average molecular weight is 499 g/mol. The lowest BCUT2D eigenvalue weighted by Gasteiger charge is -2.43. The summed E-state index contributed by atoms with van der Waals surface area (Å²) in [7, 11) is 1.90. The van der Waals surface area contributed by atoms with Crippen molar-refractivity contribution >= 4 is 53.5 Å². The van der Waals surface area contributed by atoms with E-state index >= 15 is 0 Å². The molecule has 0 radical (unpaired) electrons. The quantitative estimate of drug-likeness (QED) is 0.346. The Morgan fingerprint density at radius 3 is 2.28 bits per heavy atom. The van der Waals surface area contributed by atoms with Gasteiger partial charge < -0.3 is 10.6 Å². The van der Waals surface area contributed by atoms with E-state index in [9.17, 15) is 0 Å². The summed E-state index contributed by atoms with van der Waals surface area (Å²) in [5.41, 5.74) is 0.366. The molecule has 3 fully saturated rings. The van der Waals surface area contributed by atoms with Gasteiger partial charge in [-0.2, -0.15) is 23.5 Å². The summed E-state index contributed by atoms with van der Waals surface area (Å²) in [6.45, 7) is 6.96. The Balaban J connectivity index is 0.00000225. The molecule has 0 spiro atoms. The molecule has 4 nitrogen and oxygen atoms in total. The molecule has 146 valence electrons. The molecular weight excluding hydrogens is 463 g/mol. The third kappa shape index (κ3) is 5.82. The van der Waals surface area contributed by atoms with Crippen LogP contribution in [0.4, 0.5) is 0 Å². The number of hydrogen-bond donors (Lipinski definition) is 2. The Labute approximate surface area is 179 Å². The monoisotopic (exact) mass is 498 g/mol. The molecule has 0 aromatic heterocycles. The van der Waals surface area contributed by atoms with Crippen LogP contribution in [0.2, 0.25) is 0 Å². The lowest BCUT2D eigenvalue weighted by molar-refractivity contribution is 0.107. The Morgan fingerprint density at radius 1 is 1.00 bits per heavy atom. The molecule has 7 heteroatoms. The van der Waals surface area contributed by atoms with Crippen molar-refractivity contribution in [2.24, 2.45) is 4.99 Å². The maximum Gasteiger partial charge on any atom is 0.191 e. The van der Waals surface area contributed by atoms with Crippen molar-refractivity contribution in [2.45, 2.75) is 55.7 Å². The molecule has 2 heterocycles. The van der Waals surface area contributed by atoms with Crippen LogP contribution >= 0.6 is 47.5 Å². The lowest BCUT2D eigenvalue weighted by Crippen LogP contribution is -2.58. The first kappa shape index (κ1) is 22.0. The van der Waals surface area contributed by atoms with E-state index in [2.05, 4.69) is 51.0 Å². The molecule has 0 bridgehead atoms. The van der Waals surface area contributed by atoms with Crippen molar-refractivity contribution in [2.75, 3.05) is 50.5 Å². The van der Waals surface area contributed by atoms with Gasteiger partial charge in [-0.3, -0.25) is 9.89 Å². The molecule has 25 heavy (non-hydrogen) atoms. The van der Waals surface area contributed by atoms with Crippen LogP contribution < -0.4 is 10.6 Å². The van der Waals surface area contributed by atoms with Gasteiger partial charge in [-0.1, -0.05) is 12.8 Å². The van der Waals surface area contributed by atoms with Crippen LogP contribution in [0.1, 0.15) is 45.4 Å². The second-order valence-electron chi connectivity index (χ2n) is 7.71. The molecule has 2 N–H and O–H groups in total. The molecule has 3 rings (SSSR count). The first-order valence-corrected chi connectivity index (χ1v) is 11.7. The third-order valence-corrected chi connectivity index (χ3v) is 8.44. The van der Waals surface area contributed by atoms with E-state index in [1.165, 1.54) is 68.9 Å². The molecule has 1 unspecified atom stereocenters. The Morgan fingerprint density at radius 2 is 1.68 bits per heavy atom. The normalized spacial score (nSPS) is 30.1. The van der Waals surface area contributed by atoms with Crippen LogP contribution in [0, 0.1) is 0 Å². The number of nitrogens with zero attached hydrogens (tertiary/aromatic N) is 2. The van der Waals surface area contributed by atoms with E-state index in [1.807, 2.05) is 7.05 Å². The maximum atomic E-state index is 4.48. The molecule has 1 aliphatic carbocycles. The highest BCUT2D eigenvalue weighted by molar-refractivity contribution is 14.0. The van der Waals surface area contributed by atoms with Gasteiger partial charge in [0.2, 0.25) is 0 Å². The van der Waals surface area contributed by atoms with E-state index in [0.717, 1.165) is 19.0 Å². The van der Waals surface area contributed by atoms with Gasteiger partial charge in [-0.15, -0.1) is 24.0 Å². The molecular formula is C18H35IN4S2. The van der Waals surface area contributed by atoms with Crippen LogP contribution in [-0.2, 0) is 0 Å². The minimum Gasteiger partial charge on any atom is -0.355 e. The molecule has 2 saturated heterocycles. The SMILES string of the molecule is CN=C(NCC1(C)CCCS1)NCC1(N2CCSCC2)CCCC1.I. The van der Waals surface area contributed by atoms with Crippen molar-refractivity contribution in [1.82, 2.24) is 15.5 Å². The summed E-state index contributed by atoms with van der Waals surface area (Å²) in [5.74, 6) is 4.89. The molecule has 1 atom stereocenters. The van der Waals surface area contributed by atoms with Crippen molar-refractivity contribution in [3.8, 4) is 0 Å². The highest BCUT2D eigenvalue weighted by atomic mass is 127. The fourth-order valence-electron chi connectivity index (χ4n) is 4.39. The fourth-order valence-corrected chi connectivity index (χ4v) is 6.54. The second kappa shape index (κ2) is 10.3. The lowest BCUT2D eigenvalue weighted by atomic mass is 9.94. The van der Waals surface area contributed by atoms with Crippen LogP contribution in [0.15, 0.2) is 4.99 Å². The van der Waals surface area contributed by atoms with Gasteiger partial charge in [0.05, 0.1) is 0 Å².